The number of nitriles is 1. The Labute approximate surface area is 129 Å². The molecule has 0 aliphatic heterocycles. The van der Waals surface area contributed by atoms with Crippen LogP contribution in [0.25, 0.3) is 0 Å². The van der Waals surface area contributed by atoms with Crippen LogP contribution in [0.5, 0.6) is 5.75 Å². The molecule has 104 valence electrons. The zero-order chi connectivity index (χ0) is 15.1. The van der Waals surface area contributed by atoms with Crippen LogP contribution in [0.4, 0.5) is 0 Å². The Morgan fingerprint density at radius 3 is 2.90 bits per heavy atom. The molecular weight excluding hydrogens is 284 g/mol. The van der Waals surface area contributed by atoms with Crippen LogP contribution in [0.15, 0.2) is 36.5 Å². The molecule has 0 bridgehead atoms. The minimum Gasteiger partial charge on any atom is -0.489 e. The van der Waals surface area contributed by atoms with E-state index in [1.807, 2.05) is 31.2 Å². The molecular formula is C17H13ClN2O. The number of ether oxygens (including phenoxy) is 1. The van der Waals surface area contributed by atoms with Gasteiger partial charge in [0.2, 0.25) is 0 Å². The van der Waals surface area contributed by atoms with Crippen molar-refractivity contribution in [2.75, 3.05) is 5.88 Å². The Bertz CT molecular complexity index is 738. The number of pyridine rings is 1. The number of hydrogen-bond donors (Lipinski definition) is 0. The number of aromatic nitrogens is 1. The summed E-state index contributed by atoms with van der Waals surface area (Å²) in [6.45, 7) is 2.26. The molecule has 2 aromatic rings. The number of rotatable bonds is 3. The summed E-state index contributed by atoms with van der Waals surface area (Å²) in [7, 11) is 0. The number of alkyl halides is 1. The standard InChI is InChI=1S/C17H13ClN2O/c1-13-10-14(4-2-8-18)6-7-17(13)21-12-15-5-3-9-20-16(15)11-19/h3,5-7,9-10H,8,12H2,1H3. The molecule has 0 amide bonds. The van der Waals surface area contributed by atoms with E-state index in [-0.39, 0.29) is 0 Å². The largest absolute Gasteiger partial charge is 0.489 e. The third-order valence-electron chi connectivity index (χ3n) is 2.85. The highest BCUT2D eigenvalue weighted by atomic mass is 35.5. The van der Waals surface area contributed by atoms with Crippen molar-refractivity contribution in [3.63, 3.8) is 0 Å². The lowest BCUT2D eigenvalue weighted by molar-refractivity contribution is 0.303. The van der Waals surface area contributed by atoms with E-state index in [1.165, 1.54) is 0 Å². The van der Waals surface area contributed by atoms with Crippen LogP contribution in [0.3, 0.4) is 0 Å². The normalized spacial score (nSPS) is 9.38. The summed E-state index contributed by atoms with van der Waals surface area (Å²) in [5.41, 5.74) is 3.04. The van der Waals surface area contributed by atoms with Gasteiger partial charge in [0.1, 0.15) is 24.1 Å². The van der Waals surface area contributed by atoms with E-state index in [0.29, 0.717) is 18.2 Å². The third kappa shape index (κ3) is 3.99. The van der Waals surface area contributed by atoms with E-state index < -0.39 is 0 Å². The molecule has 2 rings (SSSR count). The van der Waals surface area contributed by atoms with Gasteiger partial charge in [-0.05, 0) is 36.8 Å². The van der Waals surface area contributed by atoms with Gasteiger partial charge in [0.05, 0.1) is 5.88 Å². The number of nitrogens with zero attached hydrogens (tertiary/aromatic N) is 2. The quantitative estimate of drug-likeness (QED) is 0.644. The van der Waals surface area contributed by atoms with Crippen molar-refractivity contribution in [1.29, 1.82) is 5.26 Å². The highest BCUT2D eigenvalue weighted by Crippen LogP contribution is 2.20. The van der Waals surface area contributed by atoms with E-state index in [4.69, 9.17) is 21.6 Å². The van der Waals surface area contributed by atoms with E-state index in [0.717, 1.165) is 22.4 Å². The summed E-state index contributed by atoms with van der Waals surface area (Å²) in [6, 6.07) is 11.4. The average Bonchev–Trinajstić information content (AvgIpc) is 2.52. The fourth-order valence-corrected chi connectivity index (χ4v) is 1.90. The van der Waals surface area contributed by atoms with Gasteiger partial charge in [-0.1, -0.05) is 17.9 Å². The van der Waals surface area contributed by atoms with Crippen molar-refractivity contribution >= 4 is 11.6 Å². The molecule has 0 unspecified atom stereocenters. The number of halogens is 1. The molecule has 4 heteroatoms. The van der Waals surface area contributed by atoms with Crippen molar-refractivity contribution in [2.45, 2.75) is 13.5 Å². The maximum atomic E-state index is 8.99. The summed E-state index contributed by atoms with van der Waals surface area (Å²) in [4.78, 5) is 4.01. The van der Waals surface area contributed by atoms with Crippen molar-refractivity contribution < 1.29 is 4.74 Å². The summed E-state index contributed by atoms with van der Waals surface area (Å²) < 4.78 is 5.76. The van der Waals surface area contributed by atoms with Crippen molar-refractivity contribution in [3.8, 4) is 23.7 Å². The first-order valence-corrected chi connectivity index (χ1v) is 6.90. The van der Waals surface area contributed by atoms with Crippen LogP contribution in [0, 0.1) is 30.1 Å². The molecule has 0 aliphatic carbocycles. The van der Waals surface area contributed by atoms with Gasteiger partial charge < -0.3 is 4.74 Å². The van der Waals surface area contributed by atoms with E-state index in [1.54, 1.807) is 12.3 Å². The molecule has 0 saturated heterocycles. The lowest BCUT2D eigenvalue weighted by Gasteiger charge is -2.10. The summed E-state index contributed by atoms with van der Waals surface area (Å²) >= 11 is 5.54. The number of benzene rings is 1. The number of aryl methyl sites for hydroxylation is 1. The smallest absolute Gasteiger partial charge is 0.147 e. The van der Waals surface area contributed by atoms with Gasteiger partial charge in [0, 0.05) is 17.3 Å². The van der Waals surface area contributed by atoms with Gasteiger partial charge in [-0.25, -0.2) is 4.98 Å². The maximum absolute atomic E-state index is 8.99. The SMILES string of the molecule is Cc1cc(C#CCCl)ccc1OCc1cccnc1C#N. The molecule has 0 fully saturated rings. The van der Waals surface area contributed by atoms with E-state index >= 15 is 0 Å². The summed E-state index contributed by atoms with van der Waals surface area (Å²) in [6.07, 6.45) is 1.59. The Morgan fingerprint density at radius 1 is 1.33 bits per heavy atom. The predicted octanol–water partition coefficient (Wildman–Crippen LogP) is 3.43. The van der Waals surface area contributed by atoms with E-state index in [9.17, 15) is 0 Å². The first-order valence-electron chi connectivity index (χ1n) is 6.37. The van der Waals surface area contributed by atoms with Gasteiger partial charge in [-0.2, -0.15) is 5.26 Å². The zero-order valence-electron chi connectivity index (χ0n) is 11.6. The van der Waals surface area contributed by atoms with Crippen molar-refractivity contribution in [3.05, 3.63) is 58.9 Å². The van der Waals surface area contributed by atoms with Crippen LogP contribution >= 0.6 is 11.6 Å². The van der Waals surface area contributed by atoms with Crippen molar-refractivity contribution in [2.24, 2.45) is 0 Å². The molecule has 1 heterocycles. The van der Waals surface area contributed by atoms with Crippen LogP contribution in [-0.4, -0.2) is 10.9 Å². The Morgan fingerprint density at radius 2 is 2.19 bits per heavy atom. The van der Waals surface area contributed by atoms with Crippen LogP contribution in [-0.2, 0) is 6.61 Å². The first-order chi connectivity index (χ1) is 10.2. The highest BCUT2D eigenvalue weighted by molar-refractivity contribution is 6.19. The van der Waals surface area contributed by atoms with Crippen molar-refractivity contribution in [1.82, 2.24) is 4.98 Å². The van der Waals surface area contributed by atoms with Gasteiger partial charge >= 0.3 is 0 Å². The molecule has 1 aromatic heterocycles. The molecule has 0 aliphatic rings. The van der Waals surface area contributed by atoms with Crippen LogP contribution in [0.2, 0.25) is 0 Å². The monoisotopic (exact) mass is 296 g/mol. The first kappa shape index (κ1) is 14.9. The molecule has 0 saturated carbocycles. The van der Waals surface area contributed by atoms with E-state index in [2.05, 4.69) is 22.9 Å². The minimum absolute atomic E-state index is 0.310. The maximum Gasteiger partial charge on any atom is 0.147 e. The molecule has 3 nitrogen and oxygen atoms in total. The molecule has 0 radical (unpaired) electrons. The minimum atomic E-state index is 0.310. The Kier molecular flexibility index (Phi) is 5.21. The topological polar surface area (TPSA) is 45.9 Å². The second-order valence-corrected chi connectivity index (χ2v) is 4.59. The van der Waals surface area contributed by atoms with Crippen LogP contribution in [0.1, 0.15) is 22.4 Å². The van der Waals surface area contributed by atoms with Gasteiger partial charge in [-0.3, -0.25) is 0 Å². The van der Waals surface area contributed by atoms with Gasteiger partial charge in [0.25, 0.3) is 0 Å². The Balaban J connectivity index is 2.12. The average molecular weight is 297 g/mol. The predicted molar refractivity (Wildman–Crippen MR) is 82.1 cm³/mol. The number of hydrogen-bond acceptors (Lipinski definition) is 3. The third-order valence-corrected chi connectivity index (χ3v) is 2.99. The molecule has 21 heavy (non-hydrogen) atoms. The second kappa shape index (κ2) is 7.33. The fourth-order valence-electron chi connectivity index (χ4n) is 1.84. The van der Waals surface area contributed by atoms with Crippen LogP contribution < -0.4 is 4.74 Å². The molecule has 0 spiro atoms. The summed E-state index contributed by atoms with van der Waals surface area (Å²) in [5.74, 6) is 6.86. The Hall–Kier alpha value is -2.49. The zero-order valence-corrected chi connectivity index (χ0v) is 12.3. The fraction of sp³-hybridized carbons (Fsp3) is 0.176. The lowest BCUT2D eigenvalue weighted by Crippen LogP contribution is -2.01. The second-order valence-electron chi connectivity index (χ2n) is 4.33. The summed E-state index contributed by atoms with van der Waals surface area (Å²) in [5, 5.41) is 8.99. The van der Waals surface area contributed by atoms with Gasteiger partial charge in [0.15, 0.2) is 0 Å². The molecule has 0 N–H and O–H groups in total. The molecule has 0 atom stereocenters. The highest BCUT2D eigenvalue weighted by Gasteiger charge is 2.05. The van der Waals surface area contributed by atoms with Gasteiger partial charge in [-0.15, -0.1) is 11.6 Å². The molecule has 1 aromatic carbocycles. The lowest BCUT2D eigenvalue weighted by atomic mass is 10.1.